The topological polar surface area (TPSA) is 62.3 Å². The molecule has 1 heterocycles. The first-order valence-corrected chi connectivity index (χ1v) is 4.79. The lowest BCUT2D eigenvalue weighted by atomic mass is 9.96. The highest BCUT2D eigenvalue weighted by molar-refractivity contribution is 5.79. The van der Waals surface area contributed by atoms with Gasteiger partial charge in [0.25, 0.3) is 0 Å². The number of hydrogen-bond donors (Lipinski definition) is 2. The molecule has 4 nitrogen and oxygen atoms in total. The Labute approximate surface area is 79.6 Å². The minimum absolute atomic E-state index is 0.318. The van der Waals surface area contributed by atoms with Crippen LogP contribution in [0.25, 0.3) is 0 Å². The normalized spacial score (nSPS) is 20.4. The lowest BCUT2D eigenvalue weighted by molar-refractivity contribution is 0.129. The number of rotatable bonds is 4. The Bertz CT molecular complexity index is 164. The minimum Gasteiger partial charge on any atom is -0.387 e. The summed E-state index contributed by atoms with van der Waals surface area (Å²) in [4.78, 5) is 2.36. The maximum absolute atomic E-state index is 7.33. The van der Waals surface area contributed by atoms with Gasteiger partial charge in [-0.05, 0) is 25.9 Å². The van der Waals surface area contributed by atoms with E-state index in [1.807, 2.05) is 0 Å². The van der Waals surface area contributed by atoms with Gasteiger partial charge in [0.15, 0.2) is 0 Å². The van der Waals surface area contributed by atoms with Crippen LogP contribution < -0.4 is 5.73 Å². The fourth-order valence-corrected chi connectivity index (χ4v) is 1.69. The highest BCUT2D eigenvalue weighted by atomic mass is 16.5. The van der Waals surface area contributed by atoms with E-state index in [-0.39, 0.29) is 0 Å². The van der Waals surface area contributed by atoms with Crippen LogP contribution in [0, 0.1) is 11.3 Å². The summed E-state index contributed by atoms with van der Waals surface area (Å²) in [6, 6.07) is 0. The van der Waals surface area contributed by atoms with Crippen LogP contribution in [0.5, 0.6) is 0 Å². The van der Waals surface area contributed by atoms with Crippen LogP contribution in [0.4, 0.5) is 0 Å². The Morgan fingerprint density at radius 3 is 2.62 bits per heavy atom. The van der Waals surface area contributed by atoms with Gasteiger partial charge in [-0.3, -0.25) is 5.41 Å². The Morgan fingerprint density at radius 1 is 1.54 bits per heavy atom. The van der Waals surface area contributed by atoms with Crippen molar-refractivity contribution in [2.45, 2.75) is 12.8 Å². The van der Waals surface area contributed by atoms with Crippen molar-refractivity contribution >= 4 is 5.84 Å². The van der Waals surface area contributed by atoms with Crippen molar-refractivity contribution in [2.24, 2.45) is 11.7 Å². The maximum Gasteiger partial charge on any atom is 0.0937 e. The predicted octanol–water partition coefficient (Wildman–Crippen LogP) is 0.281. The molecule has 1 fully saturated rings. The molecule has 1 aliphatic rings. The van der Waals surface area contributed by atoms with Crippen molar-refractivity contribution in [1.29, 1.82) is 5.41 Å². The summed E-state index contributed by atoms with van der Waals surface area (Å²) < 4.78 is 5.01. The van der Waals surface area contributed by atoms with Gasteiger partial charge < -0.3 is 15.4 Å². The SMILES string of the molecule is COCCN1CCC(C(=N)N)CC1. The van der Waals surface area contributed by atoms with E-state index in [1.165, 1.54) is 0 Å². The van der Waals surface area contributed by atoms with Crippen molar-refractivity contribution in [3.05, 3.63) is 0 Å². The molecular formula is C9H19N3O. The summed E-state index contributed by atoms with van der Waals surface area (Å²) in [6.07, 6.45) is 2.05. The number of methoxy groups -OCH3 is 1. The number of nitrogens with zero attached hydrogens (tertiary/aromatic N) is 1. The van der Waals surface area contributed by atoms with Gasteiger partial charge in [-0.25, -0.2) is 0 Å². The van der Waals surface area contributed by atoms with Crippen LogP contribution in [0.3, 0.4) is 0 Å². The maximum atomic E-state index is 7.33. The average molecular weight is 185 g/mol. The molecule has 0 amide bonds. The number of nitrogens with one attached hydrogen (secondary N) is 1. The third-order valence-corrected chi connectivity index (χ3v) is 2.64. The number of hydrogen-bond acceptors (Lipinski definition) is 3. The number of ether oxygens (including phenoxy) is 1. The highest BCUT2D eigenvalue weighted by Crippen LogP contribution is 2.16. The van der Waals surface area contributed by atoms with Gasteiger partial charge in [-0.1, -0.05) is 0 Å². The van der Waals surface area contributed by atoms with Gasteiger partial charge in [0.05, 0.1) is 12.4 Å². The van der Waals surface area contributed by atoms with Crippen molar-refractivity contribution in [3.8, 4) is 0 Å². The zero-order chi connectivity index (χ0) is 9.68. The average Bonchev–Trinajstić information content (AvgIpc) is 2.15. The van der Waals surface area contributed by atoms with Crippen molar-refractivity contribution < 1.29 is 4.74 Å². The molecule has 0 aromatic heterocycles. The molecule has 13 heavy (non-hydrogen) atoms. The first kappa shape index (κ1) is 10.5. The second-order valence-corrected chi connectivity index (χ2v) is 3.56. The van der Waals surface area contributed by atoms with Crippen LogP contribution in [-0.4, -0.2) is 44.1 Å². The van der Waals surface area contributed by atoms with E-state index in [4.69, 9.17) is 15.9 Å². The molecule has 1 rings (SSSR count). The second kappa shape index (κ2) is 5.19. The molecule has 0 bridgehead atoms. The van der Waals surface area contributed by atoms with Crippen LogP contribution in [0.15, 0.2) is 0 Å². The molecule has 0 aromatic carbocycles. The Balaban J connectivity index is 2.18. The van der Waals surface area contributed by atoms with Gasteiger partial charge in [0.2, 0.25) is 0 Å². The number of piperidine rings is 1. The van der Waals surface area contributed by atoms with Crippen LogP contribution in [0.1, 0.15) is 12.8 Å². The molecule has 0 aliphatic carbocycles. The Kier molecular flexibility index (Phi) is 4.18. The summed E-state index contributed by atoms with van der Waals surface area (Å²) in [5, 5.41) is 7.33. The summed E-state index contributed by atoms with van der Waals surface area (Å²) in [5.74, 6) is 0.671. The van der Waals surface area contributed by atoms with Crippen LogP contribution in [0.2, 0.25) is 0 Å². The molecule has 1 aliphatic heterocycles. The van der Waals surface area contributed by atoms with Crippen molar-refractivity contribution in [3.63, 3.8) is 0 Å². The van der Waals surface area contributed by atoms with E-state index in [9.17, 15) is 0 Å². The van der Waals surface area contributed by atoms with Crippen LogP contribution in [-0.2, 0) is 4.74 Å². The number of amidine groups is 1. The van der Waals surface area contributed by atoms with Gasteiger partial charge in [-0.2, -0.15) is 0 Å². The number of nitrogens with two attached hydrogens (primary N) is 1. The summed E-state index contributed by atoms with van der Waals surface area (Å²) >= 11 is 0. The molecular weight excluding hydrogens is 166 g/mol. The molecule has 0 aromatic rings. The summed E-state index contributed by atoms with van der Waals surface area (Å²) in [7, 11) is 1.72. The van der Waals surface area contributed by atoms with E-state index < -0.39 is 0 Å². The fourth-order valence-electron chi connectivity index (χ4n) is 1.69. The fraction of sp³-hybridized carbons (Fsp3) is 0.889. The van der Waals surface area contributed by atoms with Gasteiger partial charge in [-0.15, -0.1) is 0 Å². The Hall–Kier alpha value is -0.610. The van der Waals surface area contributed by atoms with Crippen molar-refractivity contribution in [1.82, 2.24) is 4.90 Å². The summed E-state index contributed by atoms with van der Waals surface area (Å²) in [5.41, 5.74) is 5.45. The predicted molar refractivity (Wildman–Crippen MR) is 53.0 cm³/mol. The largest absolute Gasteiger partial charge is 0.387 e. The lowest BCUT2D eigenvalue weighted by Gasteiger charge is -2.30. The molecule has 1 saturated heterocycles. The lowest BCUT2D eigenvalue weighted by Crippen LogP contribution is -2.39. The van der Waals surface area contributed by atoms with Gasteiger partial charge in [0, 0.05) is 19.6 Å². The zero-order valence-corrected chi connectivity index (χ0v) is 8.25. The molecule has 0 atom stereocenters. The molecule has 0 spiro atoms. The molecule has 4 heteroatoms. The van der Waals surface area contributed by atoms with E-state index >= 15 is 0 Å². The van der Waals surface area contributed by atoms with Gasteiger partial charge in [0.1, 0.15) is 0 Å². The third-order valence-electron chi connectivity index (χ3n) is 2.64. The molecule has 0 unspecified atom stereocenters. The molecule has 0 radical (unpaired) electrons. The first-order valence-electron chi connectivity index (χ1n) is 4.79. The first-order chi connectivity index (χ1) is 6.24. The van der Waals surface area contributed by atoms with Crippen molar-refractivity contribution in [2.75, 3.05) is 33.4 Å². The molecule has 3 N–H and O–H groups in total. The zero-order valence-electron chi connectivity index (χ0n) is 8.25. The monoisotopic (exact) mass is 185 g/mol. The quantitative estimate of drug-likeness (QED) is 0.488. The molecule has 0 saturated carbocycles. The van der Waals surface area contributed by atoms with E-state index in [0.29, 0.717) is 11.8 Å². The van der Waals surface area contributed by atoms with E-state index in [1.54, 1.807) is 7.11 Å². The standard InChI is InChI=1S/C9H19N3O/c1-13-7-6-12-4-2-8(3-5-12)9(10)11/h8H,2-7H2,1H3,(H3,10,11). The highest BCUT2D eigenvalue weighted by Gasteiger charge is 2.20. The third kappa shape index (κ3) is 3.32. The Morgan fingerprint density at radius 2 is 2.15 bits per heavy atom. The van der Waals surface area contributed by atoms with E-state index in [0.717, 1.165) is 39.1 Å². The second-order valence-electron chi connectivity index (χ2n) is 3.56. The van der Waals surface area contributed by atoms with E-state index in [2.05, 4.69) is 4.90 Å². The summed E-state index contributed by atoms with van der Waals surface area (Å²) in [6.45, 7) is 3.90. The smallest absolute Gasteiger partial charge is 0.0937 e. The minimum atomic E-state index is 0.318. The molecule has 76 valence electrons. The van der Waals surface area contributed by atoms with Gasteiger partial charge >= 0.3 is 0 Å². The van der Waals surface area contributed by atoms with Crippen LogP contribution >= 0.6 is 0 Å². The number of likely N-dealkylation sites (tertiary alicyclic amines) is 1.